The highest BCUT2D eigenvalue weighted by atomic mass is 32.2. The molecule has 1 aromatic carbocycles. The molecule has 116 valence electrons. The Labute approximate surface area is 131 Å². The van der Waals surface area contributed by atoms with Crippen molar-refractivity contribution in [1.29, 1.82) is 0 Å². The van der Waals surface area contributed by atoms with Crippen LogP contribution in [0.4, 0.5) is 0 Å². The van der Waals surface area contributed by atoms with Gasteiger partial charge in [0.25, 0.3) is 0 Å². The maximum Gasteiger partial charge on any atom is 0.232 e. The summed E-state index contributed by atoms with van der Waals surface area (Å²) in [5, 5.41) is 0. The van der Waals surface area contributed by atoms with E-state index in [1.54, 1.807) is 4.90 Å². The first-order chi connectivity index (χ1) is 9.84. The van der Waals surface area contributed by atoms with Gasteiger partial charge in [0.05, 0.1) is 17.5 Å². The van der Waals surface area contributed by atoms with Gasteiger partial charge in [-0.25, -0.2) is 0 Å². The number of carbonyl (C=O) groups is 2. The Hall–Kier alpha value is -1.49. The average molecular weight is 308 g/mol. The second-order valence-corrected chi connectivity index (χ2v) is 6.49. The number of primary amides is 1. The number of hydrogen-bond acceptors (Lipinski definition) is 3. The molecule has 1 rings (SSSR count). The summed E-state index contributed by atoms with van der Waals surface area (Å²) >= 11 is 1.26. The van der Waals surface area contributed by atoms with Gasteiger partial charge in [0.2, 0.25) is 11.8 Å². The molecule has 1 aromatic rings. The highest BCUT2D eigenvalue weighted by Crippen LogP contribution is 2.30. The maximum atomic E-state index is 12.3. The van der Waals surface area contributed by atoms with Gasteiger partial charge in [-0.05, 0) is 24.0 Å². The van der Waals surface area contributed by atoms with Crippen LogP contribution in [0.5, 0.6) is 0 Å². The van der Waals surface area contributed by atoms with Crippen LogP contribution < -0.4 is 5.73 Å². The molecule has 0 radical (unpaired) electrons. The molecule has 0 aliphatic heterocycles. The summed E-state index contributed by atoms with van der Waals surface area (Å²) in [7, 11) is 1.82. The summed E-state index contributed by atoms with van der Waals surface area (Å²) < 4.78 is 0. The topological polar surface area (TPSA) is 63.4 Å². The Balaban J connectivity index is 2.83. The van der Waals surface area contributed by atoms with E-state index in [0.717, 1.165) is 0 Å². The summed E-state index contributed by atoms with van der Waals surface area (Å²) in [5.74, 6) is 0.379. The van der Waals surface area contributed by atoms with Gasteiger partial charge in [-0.2, -0.15) is 0 Å². The summed E-state index contributed by atoms with van der Waals surface area (Å²) in [5.41, 5.74) is 7.44. The van der Waals surface area contributed by atoms with Crippen LogP contribution in [-0.4, -0.2) is 35.3 Å². The molecule has 4 nitrogen and oxygen atoms in total. The van der Waals surface area contributed by atoms with Gasteiger partial charge in [0.15, 0.2) is 0 Å². The second-order valence-electron chi connectivity index (χ2n) is 5.51. The van der Waals surface area contributed by atoms with Crippen LogP contribution in [0.25, 0.3) is 0 Å². The van der Waals surface area contributed by atoms with Gasteiger partial charge in [-0.15, -0.1) is 11.8 Å². The van der Waals surface area contributed by atoms with E-state index in [9.17, 15) is 9.59 Å². The SMILES string of the molecule is Cc1ccccc1[C@H](C(C)C)N(C)C(=O)CSCC(N)=O. The van der Waals surface area contributed by atoms with E-state index in [4.69, 9.17) is 5.73 Å². The van der Waals surface area contributed by atoms with E-state index in [0.29, 0.717) is 5.92 Å². The quantitative estimate of drug-likeness (QED) is 0.841. The standard InChI is InChI=1S/C16H24N2O2S/c1-11(2)16(13-8-6-5-7-12(13)3)18(4)15(20)10-21-9-14(17)19/h5-8,11,16H,9-10H2,1-4H3,(H2,17,19)/t16-/m0/s1. The smallest absolute Gasteiger partial charge is 0.232 e. The minimum atomic E-state index is -0.394. The van der Waals surface area contributed by atoms with Crippen molar-refractivity contribution in [3.8, 4) is 0 Å². The lowest BCUT2D eigenvalue weighted by Gasteiger charge is -2.32. The van der Waals surface area contributed by atoms with Crippen molar-refractivity contribution in [1.82, 2.24) is 4.90 Å². The zero-order valence-electron chi connectivity index (χ0n) is 13.1. The number of benzene rings is 1. The number of rotatable bonds is 7. The number of nitrogens with zero attached hydrogens (tertiary/aromatic N) is 1. The molecule has 0 unspecified atom stereocenters. The second kappa shape index (κ2) is 8.08. The molecular weight excluding hydrogens is 284 g/mol. The summed E-state index contributed by atoms with van der Waals surface area (Å²) in [6.07, 6.45) is 0. The monoisotopic (exact) mass is 308 g/mol. The van der Waals surface area contributed by atoms with Crippen LogP contribution >= 0.6 is 11.8 Å². The molecule has 0 heterocycles. The molecule has 21 heavy (non-hydrogen) atoms. The summed E-state index contributed by atoms with van der Waals surface area (Å²) in [4.78, 5) is 24.8. The van der Waals surface area contributed by atoms with Gasteiger partial charge >= 0.3 is 0 Å². The lowest BCUT2D eigenvalue weighted by atomic mass is 9.91. The highest BCUT2D eigenvalue weighted by molar-refractivity contribution is 8.00. The van der Waals surface area contributed by atoms with Gasteiger partial charge in [0, 0.05) is 7.05 Å². The van der Waals surface area contributed by atoms with E-state index in [-0.39, 0.29) is 23.5 Å². The molecule has 0 saturated carbocycles. The molecule has 0 aromatic heterocycles. The Bertz CT molecular complexity index is 503. The molecule has 5 heteroatoms. The van der Waals surface area contributed by atoms with Crippen LogP contribution in [-0.2, 0) is 9.59 Å². The predicted molar refractivity (Wildman–Crippen MR) is 88.0 cm³/mol. The maximum absolute atomic E-state index is 12.3. The van der Waals surface area contributed by atoms with E-state index in [1.807, 2.05) is 19.2 Å². The zero-order chi connectivity index (χ0) is 16.0. The lowest BCUT2D eigenvalue weighted by Crippen LogP contribution is -2.36. The van der Waals surface area contributed by atoms with Crippen LogP contribution in [0.1, 0.15) is 31.0 Å². The summed E-state index contributed by atoms with van der Waals surface area (Å²) in [6, 6.07) is 8.16. The molecule has 1 atom stereocenters. The molecule has 0 bridgehead atoms. The Morgan fingerprint density at radius 3 is 2.38 bits per heavy atom. The van der Waals surface area contributed by atoms with Crippen molar-refractivity contribution < 1.29 is 9.59 Å². The third-order valence-electron chi connectivity index (χ3n) is 3.42. The van der Waals surface area contributed by atoms with Crippen molar-refractivity contribution in [2.75, 3.05) is 18.6 Å². The number of amides is 2. The Morgan fingerprint density at radius 1 is 1.24 bits per heavy atom. The van der Waals surface area contributed by atoms with Crippen molar-refractivity contribution in [2.24, 2.45) is 11.7 Å². The van der Waals surface area contributed by atoms with Crippen molar-refractivity contribution in [3.63, 3.8) is 0 Å². The molecule has 2 N–H and O–H groups in total. The van der Waals surface area contributed by atoms with E-state index >= 15 is 0 Å². The van der Waals surface area contributed by atoms with Gasteiger partial charge in [-0.3, -0.25) is 9.59 Å². The Morgan fingerprint density at radius 2 is 1.86 bits per heavy atom. The van der Waals surface area contributed by atoms with Crippen LogP contribution in [0.15, 0.2) is 24.3 Å². The lowest BCUT2D eigenvalue weighted by molar-refractivity contribution is -0.130. The van der Waals surface area contributed by atoms with E-state index < -0.39 is 5.91 Å². The fourth-order valence-electron chi connectivity index (χ4n) is 2.43. The fraction of sp³-hybridized carbons (Fsp3) is 0.500. The third-order valence-corrected chi connectivity index (χ3v) is 4.36. The molecule has 0 spiro atoms. The number of carbonyl (C=O) groups excluding carboxylic acids is 2. The van der Waals surface area contributed by atoms with E-state index in [2.05, 4.69) is 32.9 Å². The van der Waals surface area contributed by atoms with E-state index in [1.165, 1.54) is 22.9 Å². The normalized spacial score (nSPS) is 12.2. The largest absolute Gasteiger partial charge is 0.369 e. The first kappa shape index (κ1) is 17.6. The molecule has 0 fully saturated rings. The highest BCUT2D eigenvalue weighted by Gasteiger charge is 2.25. The minimum Gasteiger partial charge on any atom is -0.369 e. The summed E-state index contributed by atoms with van der Waals surface area (Å²) in [6.45, 7) is 6.28. The molecule has 0 aliphatic carbocycles. The predicted octanol–water partition coefficient (Wildman–Crippen LogP) is 2.37. The van der Waals surface area contributed by atoms with Crippen molar-refractivity contribution in [2.45, 2.75) is 26.8 Å². The fourth-order valence-corrected chi connectivity index (χ4v) is 3.11. The van der Waals surface area contributed by atoms with Crippen LogP contribution in [0.2, 0.25) is 0 Å². The molecular formula is C16H24N2O2S. The first-order valence-corrected chi connectivity index (χ1v) is 8.17. The number of aryl methyl sites for hydroxylation is 1. The molecule has 0 saturated heterocycles. The minimum absolute atomic E-state index is 0.0169. The Kier molecular flexibility index (Phi) is 6.75. The molecule has 0 aliphatic rings. The van der Waals surface area contributed by atoms with Crippen molar-refractivity contribution >= 4 is 23.6 Å². The zero-order valence-corrected chi connectivity index (χ0v) is 13.9. The van der Waals surface area contributed by atoms with Gasteiger partial charge in [0.1, 0.15) is 0 Å². The van der Waals surface area contributed by atoms with Crippen LogP contribution in [0, 0.1) is 12.8 Å². The average Bonchev–Trinajstić information content (AvgIpc) is 2.40. The number of nitrogens with two attached hydrogens (primary N) is 1. The van der Waals surface area contributed by atoms with Crippen LogP contribution in [0.3, 0.4) is 0 Å². The third kappa shape index (κ3) is 5.08. The van der Waals surface area contributed by atoms with Gasteiger partial charge in [-0.1, -0.05) is 38.1 Å². The number of hydrogen-bond donors (Lipinski definition) is 1. The van der Waals surface area contributed by atoms with Crippen molar-refractivity contribution in [3.05, 3.63) is 35.4 Å². The first-order valence-electron chi connectivity index (χ1n) is 7.01. The molecule has 2 amide bonds. The number of thioether (sulfide) groups is 1. The van der Waals surface area contributed by atoms with Gasteiger partial charge < -0.3 is 10.6 Å².